The van der Waals surface area contributed by atoms with Crippen molar-refractivity contribution in [2.45, 2.75) is 85.5 Å². The third-order valence-electron chi connectivity index (χ3n) is 9.35. The molecule has 5 saturated carbocycles. The average Bonchev–Trinajstić information content (AvgIpc) is 2.53. The van der Waals surface area contributed by atoms with E-state index in [1.54, 1.807) is 0 Å². The van der Waals surface area contributed by atoms with Gasteiger partial charge in [0.1, 0.15) is 5.78 Å². The molecule has 5 fully saturated rings. The van der Waals surface area contributed by atoms with E-state index in [-0.39, 0.29) is 27.6 Å². The molecular weight excluding hydrogens is 312 g/mol. The van der Waals surface area contributed by atoms with Gasteiger partial charge in [-0.05, 0) is 67.6 Å². The van der Waals surface area contributed by atoms with Crippen molar-refractivity contribution in [3.8, 4) is 0 Å². The van der Waals surface area contributed by atoms with Crippen LogP contribution in [0.1, 0.15) is 85.5 Å². The molecule has 0 heterocycles. The largest absolute Gasteiger partial charge is 0.465 e. The number of Topliss-reactive ketones (excluding diaryl/α,β-unsaturated/α-hetero) is 1. The van der Waals surface area contributed by atoms with Gasteiger partial charge in [-0.2, -0.15) is 0 Å². The van der Waals surface area contributed by atoms with Crippen molar-refractivity contribution in [3.63, 3.8) is 0 Å². The van der Waals surface area contributed by atoms with Crippen LogP contribution in [0, 0.1) is 33.5 Å². The zero-order chi connectivity index (χ0) is 18.1. The number of rotatable bonds is 2. The number of fused-ring (bicyclic) bond motifs is 3. The Bertz CT molecular complexity index is 612. The smallest absolute Gasteiger partial charge is 0.302 e. The highest BCUT2D eigenvalue weighted by Gasteiger charge is 2.69. The van der Waals surface area contributed by atoms with Gasteiger partial charge in [-0.15, -0.1) is 0 Å². The molecule has 0 aliphatic heterocycles. The van der Waals surface area contributed by atoms with E-state index in [0.717, 1.165) is 31.6 Å². The summed E-state index contributed by atoms with van der Waals surface area (Å²) >= 11 is 0. The maximum Gasteiger partial charge on any atom is 0.302 e. The minimum absolute atomic E-state index is 0.0364. The van der Waals surface area contributed by atoms with E-state index in [1.165, 1.54) is 39.0 Å². The monoisotopic (exact) mass is 346 g/mol. The molecule has 2 bridgehead atoms. The summed E-state index contributed by atoms with van der Waals surface area (Å²) < 4.78 is 5.52. The van der Waals surface area contributed by atoms with E-state index in [1.807, 2.05) is 0 Å². The first-order valence-electron chi connectivity index (χ1n) is 10.3. The summed E-state index contributed by atoms with van der Waals surface area (Å²) in [6, 6.07) is 0. The van der Waals surface area contributed by atoms with E-state index in [2.05, 4.69) is 20.8 Å². The van der Waals surface area contributed by atoms with Crippen LogP contribution in [0.3, 0.4) is 0 Å². The molecule has 3 heteroatoms. The lowest BCUT2D eigenvalue weighted by Gasteiger charge is -2.71. The minimum Gasteiger partial charge on any atom is -0.465 e. The number of ketones is 1. The Balaban J connectivity index is 1.70. The predicted molar refractivity (Wildman–Crippen MR) is 96.9 cm³/mol. The number of esters is 1. The van der Waals surface area contributed by atoms with Gasteiger partial charge in [0.2, 0.25) is 0 Å². The lowest BCUT2D eigenvalue weighted by molar-refractivity contribution is -0.222. The number of carbonyl (C=O) groups excluding carboxylic acids is 2. The molecule has 0 saturated heterocycles. The second-order valence-electron chi connectivity index (χ2n) is 10.6. The van der Waals surface area contributed by atoms with Gasteiger partial charge in [0.15, 0.2) is 0 Å². The molecule has 2 unspecified atom stereocenters. The zero-order valence-corrected chi connectivity index (χ0v) is 16.5. The fourth-order valence-electron chi connectivity index (χ4n) is 7.91. The quantitative estimate of drug-likeness (QED) is 0.666. The van der Waals surface area contributed by atoms with Gasteiger partial charge in [0.05, 0.1) is 6.61 Å². The summed E-state index contributed by atoms with van der Waals surface area (Å²) in [6.07, 6.45) is 10.3. The fraction of sp³-hybridized carbons (Fsp3) is 0.909. The van der Waals surface area contributed by atoms with Crippen molar-refractivity contribution in [2.75, 3.05) is 6.61 Å². The highest BCUT2D eigenvalue weighted by molar-refractivity contribution is 5.87. The molecule has 140 valence electrons. The molecule has 25 heavy (non-hydrogen) atoms. The molecular formula is C22H34O3. The Morgan fingerprint density at radius 2 is 1.88 bits per heavy atom. The van der Waals surface area contributed by atoms with Crippen LogP contribution in [0.25, 0.3) is 0 Å². The topological polar surface area (TPSA) is 43.4 Å². The Morgan fingerprint density at radius 3 is 2.56 bits per heavy atom. The third-order valence-corrected chi connectivity index (χ3v) is 9.35. The van der Waals surface area contributed by atoms with Crippen molar-refractivity contribution >= 4 is 11.8 Å². The molecule has 0 aromatic carbocycles. The Labute approximate surface area is 152 Å². The van der Waals surface area contributed by atoms with Gasteiger partial charge in [-0.25, -0.2) is 0 Å². The normalized spacial score (nSPS) is 51.6. The van der Waals surface area contributed by atoms with E-state index >= 15 is 0 Å². The predicted octanol–water partition coefficient (Wildman–Crippen LogP) is 4.92. The maximum atomic E-state index is 13.0. The first kappa shape index (κ1) is 17.5. The second-order valence-corrected chi connectivity index (χ2v) is 10.6. The number of carbonyl (C=O) groups is 2. The Morgan fingerprint density at radius 1 is 1.12 bits per heavy atom. The molecule has 0 aromatic rings. The van der Waals surface area contributed by atoms with Crippen molar-refractivity contribution < 1.29 is 14.3 Å². The summed E-state index contributed by atoms with van der Waals surface area (Å²) in [5.74, 6) is 1.66. The maximum absolute atomic E-state index is 13.0. The van der Waals surface area contributed by atoms with Gasteiger partial charge in [0.25, 0.3) is 0 Å². The van der Waals surface area contributed by atoms with Crippen LogP contribution in [0.5, 0.6) is 0 Å². The van der Waals surface area contributed by atoms with E-state index in [0.29, 0.717) is 18.3 Å². The lowest BCUT2D eigenvalue weighted by atomic mass is 9.33. The molecule has 5 aliphatic rings. The lowest BCUT2D eigenvalue weighted by Crippen LogP contribution is -2.66. The summed E-state index contributed by atoms with van der Waals surface area (Å²) in [4.78, 5) is 24.4. The fourth-order valence-corrected chi connectivity index (χ4v) is 7.91. The van der Waals surface area contributed by atoms with Crippen molar-refractivity contribution in [2.24, 2.45) is 33.5 Å². The molecule has 1 spiro atoms. The standard InChI is InChI=1S/C22H34O3/c1-15(23)25-14-20(3)8-5-9-21(4)17(20)7-6-16-12-19(2)10-11-22(16,21)13-18(19)24/h16-17H,5-14H2,1-4H3/t16?,17?,19-,20+,21-,22+/m0/s1. The van der Waals surface area contributed by atoms with Crippen molar-refractivity contribution in [1.82, 2.24) is 0 Å². The van der Waals surface area contributed by atoms with Crippen LogP contribution >= 0.6 is 0 Å². The highest BCUT2D eigenvalue weighted by atomic mass is 16.5. The first-order valence-corrected chi connectivity index (χ1v) is 10.3. The summed E-state index contributed by atoms with van der Waals surface area (Å²) in [7, 11) is 0. The van der Waals surface area contributed by atoms with Gasteiger partial charge < -0.3 is 4.74 Å². The van der Waals surface area contributed by atoms with Gasteiger partial charge in [-0.3, -0.25) is 9.59 Å². The molecule has 0 aromatic heterocycles. The van der Waals surface area contributed by atoms with Crippen LogP contribution < -0.4 is 0 Å². The molecule has 5 aliphatic carbocycles. The summed E-state index contributed by atoms with van der Waals surface area (Å²) in [5, 5.41) is 0. The van der Waals surface area contributed by atoms with E-state index in [4.69, 9.17) is 4.74 Å². The molecule has 0 radical (unpaired) electrons. The molecule has 0 amide bonds. The van der Waals surface area contributed by atoms with Crippen LogP contribution in [0.2, 0.25) is 0 Å². The van der Waals surface area contributed by atoms with Crippen LogP contribution in [0.4, 0.5) is 0 Å². The second kappa shape index (κ2) is 5.33. The third kappa shape index (κ3) is 2.23. The van der Waals surface area contributed by atoms with Crippen LogP contribution in [0.15, 0.2) is 0 Å². The summed E-state index contributed by atoms with van der Waals surface area (Å²) in [6.45, 7) is 9.12. The van der Waals surface area contributed by atoms with Crippen molar-refractivity contribution in [1.29, 1.82) is 0 Å². The zero-order valence-electron chi connectivity index (χ0n) is 16.5. The number of ether oxygens (including phenoxy) is 1. The Kier molecular flexibility index (Phi) is 3.74. The van der Waals surface area contributed by atoms with Gasteiger partial charge >= 0.3 is 5.97 Å². The van der Waals surface area contributed by atoms with Gasteiger partial charge in [-0.1, -0.05) is 27.2 Å². The van der Waals surface area contributed by atoms with E-state index < -0.39 is 0 Å². The summed E-state index contributed by atoms with van der Waals surface area (Å²) in [5.41, 5.74) is 0.466. The molecule has 5 rings (SSSR count). The van der Waals surface area contributed by atoms with Gasteiger partial charge in [0, 0.05) is 24.2 Å². The van der Waals surface area contributed by atoms with E-state index in [9.17, 15) is 9.59 Å². The van der Waals surface area contributed by atoms with Crippen molar-refractivity contribution in [3.05, 3.63) is 0 Å². The molecule has 0 N–H and O–H groups in total. The number of hydrogen-bond donors (Lipinski definition) is 0. The molecule has 3 nitrogen and oxygen atoms in total. The molecule has 6 atom stereocenters. The number of hydrogen-bond acceptors (Lipinski definition) is 3. The van der Waals surface area contributed by atoms with Crippen LogP contribution in [-0.4, -0.2) is 18.4 Å². The SMILES string of the molecule is CC(=O)OC[C@@]1(C)CCC[C@@]2(C)C1CCC1C[C@]3(C)CC[C@@]12CC3=O. The first-order chi connectivity index (χ1) is 11.7. The van der Waals surface area contributed by atoms with Crippen LogP contribution in [-0.2, 0) is 14.3 Å². The minimum atomic E-state index is -0.165. The average molecular weight is 347 g/mol. The Hall–Kier alpha value is -0.860. The highest BCUT2D eigenvalue weighted by Crippen LogP contribution is 2.74.